The van der Waals surface area contributed by atoms with Gasteiger partial charge < -0.3 is 0 Å². The topological polar surface area (TPSA) is 0 Å². The first-order valence-corrected chi connectivity index (χ1v) is 5.72. The summed E-state index contributed by atoms with van der Waals surface area (Å²) >= 11 is 0. The molecule has 0 aromatic heterocycles. The van der Waals surface area contributed by atoms with Gasteiger partial charge in [0.05, 0.1) is 0 Å². The minimum absolute atomic E-state index is 0. The van der Waals surface area contributed by atoms with E-state index in [0.29, 0.717) is 0 Å². The molecule has 18 heavy (non-hydrogen) atoms. The van der Waals surface area contributed by atoms with Crippen LogP contribution in [0.5, 0.6) is 0 Å². The van der Waals surface area contributed by atoms with E-state index in [9.17, 15) is 0 Å². The van der Waals surface area contributed by atoms with E-state index >= 15 is 0 Å². The second kappa shape index (κ2) is 10.3. The minimum atomic E-state index is 0. The first-order valence-electron chi connectivity index (χ1n) is 5.72. The number of benzene rings is 2. The first kappa shape index (κ1) is 17.4. The zero-order valence-corrected chi connectivity index (χ0v) is 11.3. The molecule has 0 heterocycles. The van der Waals surface area contributed by atoms with Gasteiger partial charge in [0.1, 0.15) is 0 Å². The van der Waals surface area contributed by atoms with Crippen molar-refractivity contribution < 1.29 is 37.7 Å². The Morgan fingerprint density at radius 2 is 0.889 bits per heavy atom. The molecule has 0 N–H and O–H groups in total. The zero-order valence-electron chi connectivity index (χ0n) is 11.3. The largest absolute Gasteiger partial charge is 1.00 e. The smallest absolute Gasteiger partial charge is 0.192 e. The number of unbranched alkanes of at least 4 members (excludes halogenated alkanes) is 1. The van der Waals surface area contributed by atoms with Crippen molar-refractivity contribution >= 4 is 0 Å². The summed E-state index contributed by atoms with van der Waals surface area (Å²) in [7, 11) is 0. The molecule has 0 saturated heterocycles. The molecule has 0 spiro atoms. The average molecular weight is 222 g/mol. The summed E-state index contributed by atoms with van der Waals surface area (Å²) in [6, 6.07) is 21.0. The second-order valence-corrected chi connectivity index (χ2v) is 3.81. The van der Waals surface area contributed by atoms with Crippen molar-refractivity contribution in [2.75, 3.05) is 0 Å². The molecule has 82 valence electrons. The van der Waals surface area contributed by atoms with Gasteiger partial charge in [-0.2, -0.15) is 48.2 Å². The Bertz CT molecular complexity index is 356. The van der Waals surface area contributed by atoms with Crippen LogP contribution in [0.2, 0.25) is 0 Å². The van der Waals surface area contributed by atoms with Crippen molar-refractivity contribution in [1.29, 1.82) is 0 Å². The summed E-state index contributed by atoms with van der Waals surface area (Å²) in [5.74, 6) is 0. The summed E-state index contributed by atoms with van der Waals surface area (Å²) in [6.45, 7) is 0. The van der Waals surface area contributed by atoms with Crippen LogP contribution in [0.3, 0.4) is 0 Å². The Morgan fingerprint density at radius 3 is 1.22 bits per heavy atom. The quantitative estimate of drug-likeness (QED) is 0.321. The number of hydrogen-bond donors (Lipinski definition) is 0. The molecule has 2 heteroatoms. The predicted octanol–water partition coefficient (Wildman–Crippen LogP) is -1.72. The van der Waals surface area contributed by atoms with E-state index < -0.39 is 0 Å². The molecule has 0 atom stereocenters. The van der Waals surface area contributed by atoms with Crippen LogP contribution in [-0.2, 0) is 0 Å². The third kappa shape index (κ3) is 6.35. The molecule has 0 aliphatic rings. The fourth-order valence-electron chi connectivity index (χ4n) is 1.68. The van der Waals surface area contributed by atoms with Crippen LogP contribution in [0.15, 0.2) is 60.7 Å². The maximum Gasteiger partial charge on any atom is 1.00 e. The van der Waals surface area contributed by atoms with Crippen molar-refractivity contribution in [3.63, 3.8) is 0 Å². The molecule has 0 saturated carbocycles. The maximum absolute atomic E-state index is 2.28. The Balaban J connectivity index is 0.00000144. The van der Waals surface area contributed by atoms with Gasteiger partial charge in [-0.15, -0.1) is 24.3 Å². The van der Waals surface area contributed by atoms with Gasteiger partial charge in [-0.1, -0.05) is 25.0 Å². The molecule has 2 rings (SSSR count). The van der Waals surface area contributed by atoms with E-state index in [1.54, 1.807) is 0 Å². The standard InChI is InChI=1S/C16H16.2Li/c1-3-9-15(10-4-1)13-7-8-14-16-11-5-2-6-12-16;;/h1-6,9-14H,7-8H2;;/q-2;2*+1. The molecule has 0 amide bonds. The van der Waals surface area contributed by atoms with Crippen LogP contribution in [0, 0.1) is 12.8 Å². The monoisotopic (exact) mass is 222 g/mol. The first-order chi connectivity index (χ1) is 7.95. The molecule has 2 aromatic rings. The Labute approximate surface area is 135 Å². The third-order valence-corrected chi connectivity index (χ3v) is 2.53. The fraction of sp³-hybridized carbons (Fsp3) is 0.125. The fourth-order valence-corrected chi connectivity index (χ4v) is 1.68. The van der Waals surface area contributed by atoms with Crippen LogP contribution < -0.4 is 37.7 Å². The normalized spacial score (nSPS) is 8.67. The van der Waals surface area contributed by atoms with Gasteiger partial charge >= 0.3 is 37.7 Å². The molecule has 0 radical (unpaired) electrons. The summed E-state index contributed by atoms with van der Waals surface area (Å²) in [4.78, 5) is 0. The average Bonchev–Trinajstić information content (AvgIpc) is 2.37. The predicted molar refractivity (Wildman–Crippen MR) is 68.9 cm³/mol. The van der Waals surface area contributed by atoms with Gasteiger partial charge in [0.2, 0.25) is 0 Å². The van der Waals surface area contributed by atoms with Crippen molar-refractivity contribution in [3.8, 4) is 0 Å². The molecule has 2 aromatic carbocycles. The van der Waals surface area contributed by atoms with E-state index in [2.05, 4.69) is 61.4 Å². The molecule has 0 bridgehead atoms. The summed E-state index contributed by atoms with van der Waals surface area (Å²) in [6.07, 6.45) is 6.75. The molecule has 0 aliphatic carbocycles. The molecule has 0 nitrogen and oxygen atoms in total. The van der Waals surface area contributed by atoms with Crippen molar-refractivity contribution in [3.05, 3.63) is 84.6 Å². The molecular formula is C16H16Li2. The van der Waals surface area contributed by atoms with Gasteiger partial charge in [0.15, 0.2) is 0 Å². The summed E-state index contributed by atoms with van der Waals surface area (Å²) < 4.78 is 0. The van der Waals surface area contributed by atoms with Crippen LogP contribution >= 0.6 is 0 Å². The van der Waals surface area contributed by atoms with E-state index in [1.165, 1.54) is 11.1 Å². The van der Waals surface area contributed by atoms with Gasteiger partial charge in [-0.25, -0.2) is 0 Å². The molecule has 0 fully saturated rings. The summed E-state index contributed by atoms with van der Waals surface area (Å²) in [5.41, 5.74) is 2.62. The molecular weight excluding hydrogens is 206 g/mol. The van der Waals surface area contributed by atoms with Crippen molar-refractivity contribution in [2.24, 2.45) is 0 Å². The molecule has 0 unspecified atom stereocenters. The number of hydrogen-bond acceptors (Lipinski definition) is 0. The Hall–Kier alpha value is -0.625. The SMILES string of the molecule is [Li+].[Li+].c1ccc([CH-]CC[CH-]c2ccccc2)cc1. The second-order valence-electron chi connectivity index (χ2n) is 3.81. The molecule has 0 aliphatic heterocycles. The maximum atomic E-state index is 2.28. The Morgan fingerprint density at radius 1 is 0.556 bits per heavy atom. The number of rotatable bonds is 5. The minimum Gasteiger partial charge on any atom is -0.192 e. The van der Waals surface area contributed by atoms with Gasteiger partial charge in [-0.05, 0) is 0 Å². The zero-order chi connectivity index (χ0) is 11.1. The summed E-state index contributed by atoms with van der Waals surface area (Å²) in [5, 5.41) is 0. The van der Waals surface area contributed by atoms with Gasteiger partial charge in [0, 0.05) is 0 Å². The van der Waals surface area contributed by atoms with Crippen molar-refractivity contribution in [2.45, 2.75) is 12.8 Å². The van der Waals surface area contributed by atoms with Gasteiger partial charge in [-0.3, -0.25) is 0 Å². The van der Waals surface area contributed by atoms with E-state index in [4.69, 9.17) is 0 Å². The van der Waals surface area contributed by atoms with E-state index in [1.807, 2.05) is 12.1 Å². The van der Waals surface area contributed by atoms with Crippen LogP contribution in [0.4, 0.5) is 0 Å². The van der Waals surface area contributed by atoms with Crippen LogP contribution in [-0.4, -0.2) is 0 Å². The van der Waals surface area contributed by atoms with Crippen molar-refractivity contribution in [1.82, 2.24) is 0 Å². The van der Waals surface area contributed by atoms with Gasteiger partial charge in [0.25, 0.3) is 0 Å². The van der Waals surface area contributed by atoms with E-state index in [-0.39, 0.29) is 37.7 Å². The Kier molecular flexibility index (Phi) is 9.95. The van der Waals surface area contributed by atoms with E-state index in [0.717, 1.165) is 12.8 Å². The third-order valence-electron chi connectivity index (χ3n) is 2.53. The van der Waals surface area contributed by atoms with Crippen LogP contribution in [0.1, 0.15) is 24.0 Å². The van der Waals surface area contributed by atoms with Crippen LogP contribution in [0.25, 0.3) is 0 Å².